The fourth-order valence-electron chi connectivity index (χ4n) is 0.893. The van der Waals surface area contributed by atoms with Crippen LogP contribution in [0, 0.1) is 0 Å². The fraction of sp³-hybridized carbons (Fsp3) is 0.571. The Hall–Kier alpha value is -1.59. The van der Waals surface area contributed by atoms with Gasteiger partial charge in [0.25, 0.3) is 0 Å². The highest BCUT2D eigenvalue weighted by Gasteiger charge is 2.20. The van der Waals surface area contributed by atoms with Crippen molar-refractivity contribution >= 4 is 6.03 Å². The molecule has 0 aliphatic carbocycles. The molecule has 6 heteroatoms. The number of carbonyl (C=O) groups excluding carboxylic acids is 1. The van der Waals surface area contributed by atoms with Crippen molar-refractivity contribution in [2.24, 2.45) is 0 Å². The van der Waals surface area contributed by atoms with Gasteiger partial charge in [0.05, 0.1) is 6.20 Å². The number of amides is 2. The molecule has 0 aromatic carbocycles. The third kappa shape index (κ3) is 2.43. The highest BCUT2D eigenvalue weighted by Crippen LogP contribution is 1.95. The first-order valence-electron chi connectivity index (χ1n) is 3.87. The van der Waals surface area contributed by atoms with Gasteiger partial charge in [0, 0.05) is 33.4 Å². The molecule has 0 aliphatic rings. The number of aromatic nitrogens is 3. The molecule has 0 aliphatic heterocycles. The fourth-order valence-corrected chi connectivity index (χ4v) is 0.893. The molecule has 0 fully saturated rings. The Kier molecular flexibility index (Phi) is 2.84. The van der Waals surface area contributed by atoms with Gasteiger partial charge < -0.3 is 0 Å². The molecule has 0 saturated carbocycles. The predicted molar refractivity (Wildman–Crippen MR) is 48.2 cm³/mol. The SMILES string of the molecule is CN(C)C(=[O+]n1ccnn1)N(C)C. The van der Waals surface area contributed by atoms with Crippen LogP contribution in [0.3, 0.4) is 0 Å². The third-order valence-corrected chi connectivity index (χ3v) is 1.34. The lowest BCUT2D eigenvalue weighted by Gasteiger charge is -2.09. The van der Waals surface area contributed by atoms with Crippen LogP contribution in [0.1, 0.15) is 0 Å². The summed E-state index contributed by atoms with van der Waals surface area (Å²) in [4.78, 5) is 5.00. The quantitative estimate of drug-likeness (QED) is 0.568. The van der Waals surface area contributed by atoms with Crippen LogP contribution < -0.4 is 0 Å². The monoisotopic (exact) mass is 184 g/mol. The van der Waals surface area contributed by atoms with E-state index in [9.17, 15) is 0 Å². The Labute approximate surface area is 77.0 Å². The number of nitrogens with zero attached hydrogens (tertiary/aromatic N) is 5. The Balaban J connectivity index is 2.87. The van der Waals surface area contributed by atoms with Crippen LogP contribution in [-0.4, -0.2) is 59.2 Å². The summed E-state index contributed by atoms with van der Waals surface area (Å²) in [5.41, 5.74) is 0. The van der Waals surface area contributed by atoms with Gasteiger partial charge in [-0.3, -0.25) is 9.80 Å². The average Bonchev–Trinajstić information content (AvgIpc) is 2.50. The average molecular weight is 184 g/mol. The minimum absolute atomic E-state index is 0.686. The number of hydrogen-bond acceptors (Lipinski definition) is 2. The van der Waals surface area contributed by atoms with Crippen molar-refractivity contribution in [1.29, 1.82) is 0 Å². The van der Waals surface area contributed by atoms with E-state index in [1.807, 2.05) is 38.0 Å². The van der Waals surface area contributed by atoms with E-state index in [1.165, 1.54) is 4.85 Å². The van der Waals surface area contributed by atoms with Crippen molar-refractivity contribution in [2.75, 3.05) is 28.2 Å². The molecule has 13 heavy (non-hydrogen) atoms. The van der Waals surface area contributed by atoms with Crippen molar-refractivity contribution < 1.29 is 4.53 Å². The molecular weight excluding hydrogens is 170 g/mol. The summed E-state index contributed by atoms with van der Waals surface area (Å²) in [6.45, 7) is 0. The molecule has 1 aromatic rings. The van der Waals surface area contributed by atoms with Crippen molar-refractivity contribution in [2.45, 2.75) is 0 Å². The van der Waals surface area contributed by atoms with E-state index in [4.69, 9.17) is 4.53 Å². The molecule has 1 heterocycles. The summed E-state index contributed by atoms with van der Waals surface area (Å²) >= 11 is 0. The second kappa shape index (κ2) is 3.88. The smallest absolute Gasteiger partial charge is 0.279 e. The molecule has 0 saturated heterocycles. The predicted octanol–water partition coefficient (Wildman–Crippen LogP) is -0.180. The van der Waals surface area contributed by atoms with Gasteiger partial charge in [-0.2, -0.15) is 0 Å². The first-order valence-corrected chi connectivity index (χ1v) is 3.87. The molecular formula is C7H14N5O+. The Bertz CT molecular complexity index is 267. The van der Waals surface area contributed by atoms with Crippen molar-refractivity contribution in [3.05, 3.63) is 12.4 Å². The second-order valence-electron chi connectivity index (χ2n) is 2.97. The Morgan fingerprint density at radius 1 is 1.23 bits per heavy atom. The van der Waals surface area contributed by atoms with E-state index in [0.29, 0.717) is 6.03 Å². The van der Waals surface area contributed by atoms with Gasteiger partial charge in [-0.25, -0.2) is 0 Å². The van der Waals surface area contributed by atoms with Gasteiger partial charge in [-0.15, -0.1) is 5.10 Å². The summed E-state index contributed by atoms with van der Waals surface area (Å²) in [6.07, 6.45) is 3.19. The van der Waals surface area contributed by atoms with Gasteiger partial charge in [0.15, 0.2) is 0 Å². The lowest BCUT2D eigenvalue weighted by atomic mass is 10.7. The topological polar surface area (TPSA) is 48.5 Å². The molecule has 1 aromatic heterocycles. The minimum Gasteiger partial charge on any atom is -0.279 e. The number of rotatable bonds is 1. The van der Waals surface area contributed by atoms with Crippen LogP contribution in [-0.2, 0) is 0 Å². The van der Waals surface area contributed by atoms with E-state index in [-0.39, 0.29) is 0 Å². The number of hydrogen-bond donors (Lipinski definition) is 0. The maximum absolute atomic E-state index is 5.39. The molecule has 0 spiro atoms. The summed E-state index contributed by atoms with van der Waals surface area (Å²) in [5, 5.41) is 7.32. The summed E-state index contributed by atoms with van der Waals surface area (Å²) in [7, 11) is 7.58. The molecule has 72 valence electrons. The molecule has 0 unspecified atom stereocenters. The first kappa shape index (κ1) is 9.50. The van der Waals surface area contributed by atoms with Crippen LogP contribution in [0.2, 0.25) is 0 Å². The lowest BCUT2D eigenvalue weighted by Crippen LogP contribution is -2.34. The van der Waals surface area contributed by atoms with Gasteiger partial charge in [-0.05, 0) is 4.53 Å². The molecule has 0 N–H and O–H groups in total. The molecule has 0 bridgehead atoms. The van der Waals surface area contributed by atoms with Crippen molar-refractivity contribution in [3.63, 3.8) is 0 Å². The summed E-state index contributed by atoms with van der Waals surface area (Å²) in [5.74, 6) is 0. The van der Waals surface area contributed by atoms with E-state index in [0.717, 1.165) is 0 Å². The van der Waals surface area contributed by atoms with Gasteiger partial charge in [0.2, 0.25) is 0 Å². The summed E-state index contributed by atoms with van der Waals surface area (Å²) < 4.78 is 5.39. The van der Waals surface area contributed by atoms with Gasteiger partial charge >= 0.3 is 6.03 Å². The summed E-state index contributed by atoms with van der Waals surface area (Å²) in [6, 6.07) is 0.686. The third-order valence-electron chi connectivity index (χ3n) is 1.34. The van der Waals surface area contributed by atoms with E-state index >= 15 is 0 Å². The van der Waals surface area contributed by atoms with Gasteiger partial charge in [0.1, 0.15) is 11.0 Å². The lowest BCUT2D eigenvalue weighted by molar-refractivity contribution is -0.250. The van der Waals surface area contributed by atoms with Crippen LogP contribution in [0.15, 0.2) is 12.4 Å². The largest absolute Gasteiger partial charge is 0.554 e. The zero-order chi connectivity index (χ0) is 9.84. The van der Waals surface area contributed by atoms with Crippen LogP contribution in [0.5, 0.6) is 0 Å². The van der Waals surface area contributed by atoms with Crippen LogP contribution >= 0.6 is 0 Å². The van der Waals surface area contributed by atoms with E-state index in [1.54, 1.807) is 12.4 Å². The normalized spacial score (nSPS) is 9.54. The Morgan fingerprint density at radius 3 is 2.23 bits per heavy atom. The number of urea groups is 1. The molecule has 2 amide bonds. The van der Waals surface area contributed by atoms with E-state index < -0.39 is 0 Å². The zero-order valence-electron chi connectivity index (χ0n) is 8.30. The molecule has 0 radical (unpaired) electrons. The van der Waals surface area contributed by atoms with Crippen LogP contribution in [0.4, 0.5) is 4.53 Å². The van der Waals surface area contributed by atoms with Gasteiger partial charge in [-0.1, -0.05) is 0 Å². The van der Waals surface area contributed by atoms with E-state index in [2.05, 4.69) is 10.3 Å². The van der Waals surface area contributed by atoms with Crippen LogP contribution in [0.25, 0.3) is 0 Å². The zero-order valence-corrected chi connectivity index (χ0v) is 8.30. The van der Waals surface area contributed by atoms with Crippen molar-refractivity contribution in [1.82, 2.24) is 25.0 Å². The highest BCUT2D eigenvalue weighted by atomic mass is 16.6. The second-order valence-corrected chi connectivity index (χ2v) is 2.97. The maximum Gasteiger partial charge on any atom is 0.554 e. The molecule has 0 atom stereocenters. The maximum atomic E-state index is 5.39. The first-order chi connectivity index (χ1) is 6.11. The highest BCUT2D eigenvalue weighted by molar-refractivity contribution is 5.73. The molecule has 1 rings (SSSR count). The molecule has 6 nitrogen and oxygen atoms in total. The minimum atomic E-state index is 0.686. The van der Waals surface area contributed by atoms with Crippen molar-refractivity contribution in [3.8, 4) is 0 Å². The Morgan fingerprint density at radius 2 is 1.85 bits per heavy atom. The standard InChI is InChI=1S/C7H14N5O/c1-10(2)7(11(3)4)13-12-6-5-8-9-12/h5-6H,1-4H3/q+1.